The number of primary amides is 1. The molecule has 3 nitrogen and oxygen atoms in total. The van der Waals surface area contributed by atoms with Crippen LogP contribution in [0.2, 0.25) is 0 Å². The Morgan fingerprint density at radius 2 is 2.00 bits per heavy atom. The van der Waals surface area contributed by atoms with Crippen molar-refractivity contribution in [2.45, 2.75) is 37.4 Å². The van der Waals surface area contributed by atoms with Crippen LogP contribution >= 0.6 is 11.8 Å². The predicted molar refractivity (Wildman–Crippen MR) is 56.6 cm³/mol. The smallest absolute Gasteiger partial charge is 0.276 e. The molecule has 0 aromatic heterocycles. The molecule has 1 aliphatic carbocycles. The standard InChI is InChI=1S/C9H18N2OS/c10-6-8(13-9(11)12)7-4-2-1-3-5-7/h7-8H,1-6,10H2,(H2,11,12). The van der Waals surface area contributed by atoms with Gasteiger partial charge in [0.25, 0.3) is 5.24 Å². The highest BCUT2D eigenvalue weighted by Gasteiger charge is 2.24. The Labute approximate surface area is 83.6 Å². The number of hydrogen-bond acceptors (Lipinski definition) is 3. The van der Waals surface area contributed by atoms with E-state index in [1.165, 1.54) is 43.9 Å². The number of hydrogen-bond donors (Lipinski definition) is 2. The number of rotatable bonds is 3. The Morgan fingerprint density at radius 3 is 2.46 bits per heavy atom. The van der Waals surface area contributed by atoms with Gasteiger partial charge in [0.15, 0.2) is 0 Å². The molecule has 0 aromatic rings. The topological polar surface area (TPSA) is 69.1 Å². The van der Waals surface area contributed by atoms with Gasteiger partial charge in [-0.2, -0.15) is 0 Å². The van der Waals surface area contributed by atoms with Crippen molar-refractivity contribution >= 4 is 17.0 Å². The van der Waals surface area contributed by atoms with Crippen molar-refractivity contribution in [1.82, 2.24) is 0 Å². The van der Waals surface area contributed by atoms with E-state index in [0.29, 0.717) is 12.5 Å². The molecule has 1 rings (SSSR count). The number of carbonyl (C=O) groups excluding carboxylic acids is 1. The first-order valence-electron chi connectivity index (χ1n) is 4.90. The zero-order valence-corrected chi connectivity index (χ0v) is 8.69. The monoisotopic (exact) mass is 202 g/mol. The predicted octanol–water partition coefficient (Wildman–Crippen LogP) is 1.71. The number of amides is 1. The van der Waals surface area contributed by atoms with E-state index in [-0.39, 0.29) is 10.5 Å². The average Bonchev–Trinajstić information content (AvgIpc) is 2.15. The van der Waals surface area contributed by atoms with Crippen LogP contribution in [0, 0.1) is 5.92 Å². The van der Waals surface area contributed by atoms with Crippen LogP contribution in [0.5, 0.6) is 0 Å². The minimum Gasteiger partial charge on any atom is -0.361 e. The average molecular weight is 202 g/mol. The summed E-state index contributed by atoms with van der Waals surface area (Å²) < 4.78 is 0. The van der Waals surface area contributed by atoms with Crippen molar-refractivity contribution in [3.05, 3.63) is 0 Å². The summed E-state index contributed by atoms with van der Waals surface area (Å²) in [5.41, 5.74) is 10.8. The number of nitrogens with two attached hydrogens (primary N) is 2. The van der Waals surface area contributed by atoms with Gasteiger partial charge in [-0.05, 0) is 18.8 Å². The van der Waals surface area contributed by atoms with Crippen molar-refractivity contribution in [2.75, 3.05) is 6.54 Å². The Balaban J connectivity index is 2.39. The van der Waals surface area contributed by atoms with E-state index in [2.05, 4.69) is 0 Å². The maximum Gasteiger partial charge on any atom is 0.276 e. The van der Waals surface area contributed by atoms with Crippen molar-refractivity contribution in [1.29, 1.82) is 0 Å². The van der Waals surface area contributed by atoms with Gasteiger partial charge in [0.1, 0.15) is 0 Å². The van der Waals surface area contributed by atoms with Gasteiger partial charge in [-0.25, -0.2) is 0 Å². The van der Waals surface area contributed by atoms with E-state index in [0.717, 1.165) is 0 Å². The van der Waals surface area contributed by atoms with Gasteiger partial charge >= 0.3 is 0 Å². The van der Waals surface area contributed by atoms with Gasteiger partial charge in [0, 0.05) is 11.8 Å². The molecule has 1 aliphatic rings. The van der Waals surface area contributed by atoms with Crippen LogP contribution in [0.3, 0.4) is 0 Å². The molecule has 0 bridgehead atoms. The summed E-state index contributed by atoms with van der Waals surface area (Å²) in [6.45, 7) is 0.568. The maximum atomic E-state index is 10.7. The second-order valence-corrected chi connectivity index (χ2v) is 4.85. The molecule has 0 heterocycles. The zero-order valence-electron chi connectivity index (χ0n) is 7.87. The second-order valence-electron chi connectivity index (χ2n) is 3.61. The highest BCUT2D eigenvalue weighted by atomic mass is 32.2. The molecule has 0 spiro atoms. The largest absolute Gasteiger partial charge is 0.361 e. The molecule has 4 heteroatoms. The Morgan fingerprint density at radius 1 is 1.38 bits per heavy atom. The molecular weight excluding hydrogens is 184 g/mol. The fraction of sp³-hybridized carbons (Fsp3) is 0.889. The summed E-state index contributed by atoms with van der Waals surface area (Å²) in [6, 6.07) is 0. The SMILES string of the molecule is NCC(SC(N)=O)C1CCCCC1. The van der Waals surface area contributed by atoms with E-state index in [9.17, 15) is 4.79 Å². The van der Waals surface area contributed by atoms with Crippen LogP contribution in [0.15, 0.2) is 0 Å². The minimum atomic E-state index is -0.291. The quantitative estimate of drug-likeness (QED) is 0.732. The molecule has 1 saturated carbocycles. The highest BCUT2D eigenvalue weighted by Crippen LogP contribution is 2.31. The molecule has 0 radical (unpaired) electrons. The van der Waals surface area contributed by atoms with Crippen LogP contribution in [-0.4, -0.2) is 17.0 Å². The summed E-state index contributed by atoms with van der Waals surface area (Å²) in [5, 5.41) is -0.0428. The molecule has 76 valence electrons. The molecule has 13 heavy (non-hydrogen) atoms. The summed E-state index contributed by atoms with van der Waals surface area (Å²) in [5.74, 6) is 0.608. The molecule has 1 amide bonds. The minimum absolute atomic E-state index is 0.248. The number of carbonyl (C=O) groups is 1. The van der Waals surface area contributed by atoms with E-state index < -0.39 is 0 Å². The van der Waals surface area contributed by atoms with E-state index >= 15 is 0 Å². The van der Waals surface area contributed by atoms with E-state index in [4.69, 9.17) is 11.5 Å². The Bertz CT molecular complexity index is 169. The van der Waals surface area contributed by atoms with Crippen LogP contribution < -0.4 is 11.5 Å². The molecule has 1 fully saturated rings. The van der Waals surface area contributed by atoms with Crippen molar-refractivity contribution in [3.8, 4) is 0 Å². The van der Waals surface area contributed by atoms with Crippen LogP contribution in [0.25, 0.3) is 0 Å². The lowest BCUT2D eigenvalue weighted by molar-refractivity contribution is 0.266. The molecule has 0 saturated heterocycles. The van der Waals surface area contributed by atoms with Gasteiger partial charge in [0.05, 0.1) is 0 Å². The van der Waals surface area contributed by atoms with Gasteiger partial charge in [0.2, 0.25) is 0 Å². The fourth-order valence-electron chi connectivity index (χ4n) is 1.99. The lowest BCUT2D eigenvalue weighted by atomic mass is 9.87. The first-order valence-corrected chi connectivity index (χ1v) is 5.78. The van der Waals surface area contributed by atoms with Crippen LogP contribution in [-0.2, 0) is 0 Å². The van der Waals surface area contributed by atoms with Crippen molar-refractivity contribution < 1.29 is 4.79 Å². The second kappa shape index (κ2) is 5.50. The summed E-state index contributed by atoms with van der Waals surface area (Å²) in [6.07, 6.45) is 6.31. The third kappa shape index (κ3) is 3.56. The van der Waals surface area contributed by atoms with Gasteiger partial charge < -0.3 is 11.5 Å². The normalized spacial score (nSPS) is 21.3. The first-order chi connectivity index (χ1) is 6.24. The molecule has 0 aromatic carbocycles. The lowest BCUT2D eigenvalue weighted by Crippen LogP contribution is -2.30. The summed E-state index contributed by atoms with van der Waals surface area (Å²) in [4.78, 5) is 10.7. The van der Waals surface area contributed by atoms with Crippen LogP contribution in [0.1, 0.15) is 32.1 Å². The maximum absolute atomic E-state index is 10.7. The molecule has 0 aliphatic heterocycles. The Hall–Kier alpha value is -0.220. The van der Waals surface area contributed by atoms with Gasteiger partial charge in [-0.1, -0.05) is 31.0 Å². The zero-order chi connectivity index (χ0) is 9.68. The molecular formula is C9H18N2OS. The Kier molecular flexibility index (Phi) is 4.59. The van der Waals surface area contributed by atoms with Crippen molar-refractivity contribution in [2.24, 2.45) is 17.4 Å². The fourth-order valence-corrected chi connectivity index (χ4v) is 2.85. The van der Waals surface area contributed by atoms with Gasteiger partial charge in [-0.3, -0.25) is 4.79 Å². The highest BCUT2D eigenvalue weighted by molar-refractivity contribution is 8.14. The van der Waals surface area contributed by atoms with Crippen LogP contribution in [0.4, 0.5) is 4.79 Å². The molecule has 4 N–H and O–H groups in total. The third-order valence-electron chi connectivity index (χ3n) is 2.68. The summed E-state index contributed by atoms with van der Waals surface area (Å²) in [7, 11) is 0. The molecule has 1 unspecified atom stereocenters. The first kappa shape index (κ1) is 10.9. The summed E-state index contributed by atoms with van der Waals surface area (Å²) >= 11 is 1.22. The number of thioether (sulfide) groups is 1. The molecule has 1 atom stereocenters. The van der Waals surface area contributed by atoms with E-state index in [1.807, 2.05) is 0 Å². The van der Waals surface area contributed by atoms with E-state index in [1.54, 1.807) is 0 Å². The van der Waals surface area contributed by atoms with Crippen molar-refractivity contribution in [3.63, 3.8) is 0 Å². The van der Waals surface area contributed by atoms with Gasteiger partial charge in [-0.15, -0.1) is 0 Å². The third-order valence-corrected chi connectivity index (χ3v) is 3.79. The lowest BCUT2D eigenvalue weighted by Gasteiger charge is -2.27.